The number of amides is 1. The van der Waals surface area contributed by atoms with Gasteiger partial charge < -0.3 is 25.5 Å². The first-order valence-electron chi connectivity index (χ1n) is 10.6. The van der Waals surface area contributed by atoms with Crippen molar-refractivity contribution in [3.63, 3.8) is 0 Å². The Labute approximate surface area is 180 Å². The van der Waals surface area contributed by atoms with E-state index in [2.05, 4.69) is 10.3 Å². The number of likely N-dealkylation sites (N-methyl/N-ethyl adjacent to an activating group) is 1. The minimum Gasteiger partial charge on any atom is -0.489 e. The molecule has 0 bridgehead atoms. The van der Waals surface area contributed by atoms with Crippen LogP contribution in [0.1, 0.15) is 64.3 Å². The molecule has 0 unspecified atom stereocenters. The predicted molar refractivity (Wildman–Crippen MR) is 118 cm³/mol. The summed E-state index contributed by atoms with van der Waals surface area (Å²) in [5.74, 6) is 6.73. The Hall–Kier alpha value is -2.48. The van der Waals surface area contributed by atoms with E-state index < -0.39 is 6.09 Å². The van der Waals surface area contributed by atoms with Crippen molar-refractivity contribution < 1.29 is 14.3 Å². The maximum absolute atomic E-state index is 12.0. The lowest BCUT2D eigenvalue weighted by Gasteiger charge is -2.24. The van der Waals surface area contributed by atoms with Crippen molar-refractivity contribution in [1.29, 1.82) is 0 Å². The number of aryl methyl sites for hydroxylation is 1. The minimum absolute atomic E-state index is 0.109. The van der Waals surface area contributed by atoms with Gasteiger partial charge in [-0.2, -0.15) is 0 Å². The van der Waals surface area contributed by atoms with Crippen LogP contribution in [0.15, 0.2) is 17.8 Å². The van der Waals surface area contributed by atoms with Crippen molar-refractivity contribution >= 4 is 11.8 Å². The molecule has 0 spiro atoms. The zero-order valence-corrected chi connectivity index (χ0v) is 19.0. The third-order valence-corrected chi connectivity index (χ3v) is 4.93. The lowest BCUT2D eigenvalue weighted by atomic mass is 9.98. The van der Waals surface area contributed by atoms with Crippen LogP contribution in [0, 0.1) is 12.3 Å². The Bertz CT molecular complexity index is 750. The second-order valence-corrected chi connectivity index (χ2v) is 9.12. The van der Waals surface area contributed by atoms with Crippen LogP contribution >= 0.6 is 0 Å². The molecule has 1 heterocycles. The summed E-state index contributed by atoms with van der Waals surface area (Å²) < 4.78 is 11.4. The van der Waals surface area contributed by atoms with Gasteiger partial charge in [-0.15, -0.1) is 0 Å². The van der Waals surface area contributed by atoms with Crippen LogP contribution in [-0.4, -0.2) is 42.4 Å². The number of hydrogen-bond acceptors (Lipinski definition) is 7. The molecule has 5 N–H and O–H groups in total. The van der Waals surface area contributed by atoms with E-state index in [9.17, 15) is 4.79 Å². The second-order valence-electron chi connectivity index (χ2n) is 9.12. The van der Waals surface area contributed by atoms with E-state index in [0.717, 1.165) is 24.3 Å². The number of hydrazine groups is 1. The number of aromatic nitrogens is 1. The Morgan fingerprint density at radius 1 is 1.27 bits per heavy atom. The van der Waals surface area contributed by atoms with Crippen LogP contribution in [0.5, 0.6) is 5.75 Å². The minimum atomic E-state index is -0.516. The molecule has 2 rings (SSSR count). The van der Waals surface area contributed by atoms with Crippen molar-refractivity contribution in [2.75, 3.05) is 20.2 Å². The van der Waals surface area contributed by atoms with E-state index in [1.165, 1.54) is 24.3 Å². The van der Waals surface area contributed by atoms with Gasteiger partial charge in [-0.3, -0.25) is 0 Å². The maximum atomic E-state index is 12.0. The number of nitrogens with one attached hydrogen (secondary N) is 1. The second kappa shape index (κ2) is 10.5. The van der Waals surface area contributed by atoms with Crippen LogP contribution in [0.25, 0.3) is 5.70 Å². The van der Waals surface area contributed by atoms with E-state index in [0.29, 0.717) is 23.7 Å². The largest absolute Gasteiger partial charge is 0.489 e. The van der Waals surface area contributed by atoms with Gasteiger partial charge in [0.1, 0.15) is 5.75 Å². The Morgan fingerprint density at radius 2 is 1.93 bits per heavy atom. The standard InChI is InChI=1S/C22H37N5O3/c1-15-19(30-16-9-7-6-8-10-16)12-11-17(26-15)20(23)18(27(5)24)13-25-21(28)29-14-22(2,3)4/h11-12,16H,6-10,13-14,23-24H2,1-5H3,(H,25,28)/b20-18-. The number of pyridine rings is 1. The molecule has 168 valence electrons. The topological polar surface area (TPSA) is 116 Å². The van der Waals surface area contributed by atoms with E-state index in [4.69, 9.17) is 21.1 Å². The molecular formula is C22H37N5O3. The van der Waals surface area contributed by atoms with Gasteiger partial charge in [-0.1, -0.05) is 27.2 Å². The molecule has 0 atom stereocenters. The smallest absolute Gasteiger partial charge is 0.407 e. The van der Waals surface area contributed by atoms with Gasteiger partial charge in [0.25, 0.3) is 0 Å². The van der Waals surface area contributed by atoms with Crippen molar-refractivity contribution in [2.24, 2.45) is 17.0 Å². The molecule has 0 aromatic carbocycles. The highest BCUT2D eigenvalue weighted by atomic mass is 16.5. The van der Waals surface area contributed by atoms with E-state index >= 15 is 0 Å². The first kappa shape index (κ1) is 23.8. The summed E-state index contributed by atoms with van der Waals surface area (Å²) in [5, 5.41) is 4.07. The molecule has 1 amide bonds. The summed E-state index contributed by atoms with van der Waals surface area (Å²) in [7, 11) is 1.66. The average Bonchev–Trinajstić information content (AvgIpc) is 2.68. The van der Waals surface area contributed by atoms with Gasteiger partial charge in [-0.25, -0.2) is 15.6 Å². The summed E-state index contributed by atoms with van der Waals surface area (Å²) in [5.41, 5.74) is 8.52. The lowest BCUT2D eigenvalue weighted by molar-refractivity contribution is 0.106. The molecule has 8 nitrogen and oxygen atoms in total. The highest BCUT2D eigenvalue weighted by Crippen LogP contribution is 2.26. The number of ether oxygens (including phenoxy) is 2. The number of carbonyl (C=O) groups is 1. The number of hydrogen-bond donors (Lipinski definition) is 3. The molecule has 0 radical (unpaired) electrons. The van der Waals surface area contributed by atoms with Crippen LogP contribution in [-0.2, 0) is 4.74 Å². The molecule has 0 saturated heterocycles. The average molecular weight is 420 g/mol. The van der Waals surface area contributed by atoms with Crippen LogP contribution < -0.4 is 21.6 Å². The van der Waals surface area contributed by atoms with E-state index in [1.807, 2.05) is 39.8 Å². The van der Waals surface area contributed by atoms with Gasteiger partial charge >= 0.3 is 6.09 Å². The summed E-state index contributed by atoms with van der Waals surface area (Å²) in [6, 6.07) is 3.72. The Morgan fingerprint density at radius 3 is 2.50 bits per heavy atom. The number of carbonyl (C=O) groups excluding carboxylic acids is 1. The van der Waals surface area contributed by atoms with Gasteiger partial charge in [0.2, 0.25) is 0 Å². The van der Waals surface area contributed by atoms with E-state index in [1.54, 1.807) is 7.05 Å². The van der Waals surface area contributed by atoms with Crippen molar-refractivity contribution in [1.82, 2.24) is 15.3 Å². The molecule has 8 heteroatoms. The maximum Gasteiger partial charge on any atom is 0.407 e. The number of alkyl carbamates (subject to hydrolysis) is 1. The molecule has 1 aliphatic carbocycles. The van der Waals surface area contributed by atoms with Crippen molar-refractivity contribution in [3.05, 3.63) is 29.2 Å². The molecule has 1 aromatic heterocycles. The molecule has 1 saturated carbocycles. The molecule has 1 aromatic rings. The van der Waals surface area contributed by atoms with Gasteiger partial charge in [-0.05, 0) is 50.2 Å². The highest BCUT2D eigenvalue weighted by Gasteiger charge is 2.18. The van der Waals surface area contributed by atoms with E-state index in [-0.39, 0.29) is 18.1 Å². The summed E-state index contributed by atoms with van der Waals surface area (Å²) in [4.78, 5) is 16.6. The Balaban J connectivity index is 2.07. The number of nitrogens with two attached hydrogens (primary N) is 2. The van der Waals surface area contributed by atoms with Gasteiger partial charge in [0, 0.05) is 7.05 Å². The summed E-state index contributed by atoms with van der Waals surface area (Å²) >= 11 is 0. The fourth-order valence-corrected chi connectivity index (χ4v) is 3.23. The first-order valence-corrected chi connectivity index (χ1v) is 10.6. The molecule has 1 aliphatic rings. The highest BCUT2D eigenvalue weighted by molar-refractivity contribution is 5.69. The van der Waals surface area contributed by atoms with Crippen LogP contribution in [0.4, 0.5) is 4.79 Å². The first-order chi connectivity index (χ1) is 14.1. The third kappa shape index (κ3) is 7.40. The molecule has 0 aliphatic heterocycles. The van der Waals surface area contributed by atoms with Gasteiger partial charge in [0.15, 0.2) is 0 Å². The fraction of sp³-hybridized carbons (Fsp3) is 0.636. The fourth-order valence-electron chi connectivity index (χ4n) is 3.23. The summed E-state index contributed by atoms with van der Waals surface area (Å²) in [6.45, 7) is 8.33. The zero-order valence-electron chi connectivity index (χ0n) is 19.0. The van der Waals surface area contributed by atoms with Crippen LogP contribution in [0.3, 0.4) is 0 Å². The third-order valence-electron chi connectivity index (χ3n) is 4.93. The lowest BCUT2D eigenvalue weighted by Crippen LogP contribution is -2.37. The molecular weight excluding hydrogens is 382 g/mol. The summed E-state index contributed by atoms with van der Waals surface area (Å²) in [6.07, 6.45) is 5.62. The molecule has 30 heavy (non-hydrogen) atoms. The Kier molecular flexibility index (Phi) is 8.34. The van der Waals surface area contributed by atoms with Crippen molar-refractivity contribution in [3.8, 4) is 5.75 Å². The van der Waals surface area contributed by atoms with Gasteiger partial charge in [0.05, 0.1) is 42.0 Å². The predicted octanol–water partition coefficient (Wildman–Crippen LogP) is 3.31. The SMILES string of the molecule is Cc1nc(/C(N)=C(\CNC(=O)OCC(C)(C)C)N(C)N)ccc1OC1CCCCC1. The number of rotatable bonds is 7. The normalized spacial score (nSPS) is 15.9. The van der Waals surface area contributed by atoms with Crippen molar-refractivity contribution in [2.45, 2.75) is 65.9 Å². The zero-order chi connectivity index (χ0) is 22.3. The molecule has 1 fully saturated rings. The quantitative estimate of drug-likeness (QED) is 0.459. The monoisotopic (exact) mass is 419 g/mol. The number of nitrogens with zero attached hydrogens (tertiary/aromatic N) is 2. The van der Waals surface area contributed by atoms with Crippen LogP contribution in [0.2, 0.25) is 0 Å².